The van der Waals surface area contributed by atoms with E-state index in [1.54, 1.807) is 11.8 Å². The highest BCUT2D eigenvalue weighted by Gasteiger charge is 2.57. The molecule has 7 nitrogen and oxygen atoms in total. The number of piperidine rings is 1. The molecule has 33 heavy (non-hydrogen) atoms. The smallest absolute Gasteiger partial charge is 0.407 e. The van der Waals surface area contributed by atoms with E-state index >= 15 is 0 Å². The molecule has 0 spiro atoms. The molecule has 0 aromatic heterocycles. The van der Waals surface area contributed by atoms with E-state index in [0.717, 1.165) is 17.5 Å². The number of fused-ring (bicyclic) bond motifs is 4. The van der Waals surface area contributed by atoms with Crippen LogP contribution in [0.2, 0.25) is 0 Å². The maximum atomic E-state index is 12.8. The average molecular weight is 449 g/mol. The van der Waals surface area contributed by atoms with Crippen LogP contribution in [0.1, 0.15) is 30.4 Å². The first-order chi connectivity index (χ1) is 16.0. The Balaban J connectivity index is 1.12. The first-order valence-corrected chi connectivity index (χ1v) is 11.6. The van der Waals surface area contributed by atoms with Crippen molar-refractivity contribution in [3.05, 3.63) is 59.7 Å². The van der Waals surface area contributed by atoms with Gasteiger partial charge in [-0.15, -0.1) is 0 Å². The number of amides is 2. The zero-order valence-electron chi connectivity index (χ0n) is 18.6. The quantitative estimate of drug-likeness (QED) is 0.707. The molecule has 1 saturated heterocycles. The Bertz CT molecular complexity index is 1050. The molecule has 1 aliphatic heterocycles. The molecule has 4 atom stereocenters. The Kier molecular flexibility index (Phi) is 5.56. The second-order valence-electron chi connectivity index (χ2n) is 9.37. The van der Waals surface area contributed by atoms with Crippen molar-refractivity contribution >= 4 is 18.0 Å². The summed E-state index contributed by atoms with van der Waals surface area (Å²) in [5, 5.41) is 12.0. The van der Waals surface area contributed by atoms with Gasteiger partial charge in [0.15, 0.2) is 0 Å². The normalized spacial score (nSPS) is 23.7. The Morgan fingerprint density at radius 1 is 1.06 bits per heavy atom. The monoisotopic (exact) mass is 448 g/mol. The Labute approximate surface area is 192 Å². The Morgan fingerprint density at radius 2 is 1.70 bits per heavy atom. The van der Waals surface area contributed by atoms with Crippen LogP contribution in [0.3, 0.4) is 0 Å². The number of ether oxygens (including phenoxy) is 1. The second-order valence-corrected chi connectivity index (χ2v) is 9.37. The predicted octanol–water partition coefficient (Wildman–Crippen LogP) is 3.34. The molecular weight excluding hydrogens is 420 g/mol. The Morgan fingerprint density at radius 3 is 2.33 bits per heavy atom. The van der Waals surface area contributed by atoms with Gasteiger partial charge in [0.1, 0.15) is 6.61 Å². The van der Waals surface area contributed by atoms with Gasteiger partial charge >= 0.3 is 12.1 Å². The highest BCUT2D eigenvalue weighted by molar-refractivity contribution is 5.81. The van der Waals surface area contributed by atoms with E-state index in [0.29, 0.717) is 13.1 Å². The highest BCUT2D eigenvalue weighted by Crippen LogP contribution is 2.51. The minimum absolute atomic E-state index is 0.00998. The molecule has 2 aromatic carbocycles. The fraction of sp³-hybridized carbons (Fsp3) is 0.423. The van der Waals surface area contributed by atoms with E-state index in [-0.39, 0.29) is 42.7 Å². The minimum Gasteiger partial charge on any atom is -0.481 e. The van der Waals surface area contributed by atoms with Gasteiger partial charge in [0.25, 0.3) is 0 Å². The lowest BCUT2D eigenvalue weighted by molar-refractivity contribution is -0.139. The molecule has 1 heterocycles. The maximum Gasteiger partial charge on any atom is 0.407 e. The van der Waals surface area contributed by atoms with Crippen molar-refractivity contribution in [1.82, 2.24) is 10.2 Å². The largest absolute Gasteiger partial charge is 0.481 e. The van der Waals surface area contributed by atoms with Gasteiger partial charge in [-0.1, -0.05) is 55.5 Å². The van der Waals surface area contributed by atoms with Crippen molar-refractivity contribution in [3.63, 3.8) is 0 Å². The third-order valence-electron chi connectivity index (χ3n) is 7.41. The summed E-state index contributed by atoms with van der Waals surface area (Å²) in [5.41, 5.74) is 4.65. The van der Waals surface area contributed by atoms with Crippen molar-refractivity contribution in [3.8, 4) is 11.1 Å². The lowest BCUT2D eigenvalue weighted by Crippen LogP contribution is -2.43. The molecule has 0 bridgehead atoms. The minimum atomic E-state index is -0.760. The number of carbonyl (C=O) groups is 3. The first kappa shape index (κ1) is 21.5. The van der Waals surface area contributed by atoms with E-state index in [2.05, 4.69) is 29.6 Å². The summed E-state index contributed by atoms with van der Waals surface area (Å²) in [6, 6.07) is 16.3. The van der Waals surface area contributed by atoms with E-state index in [9.17, 15) is 19.5 Å². The number of carbonyl (C=O) groups excluding carboxylic acids is 2. The molecule has 2 aliphatic carbocycles. The van der Waals surface area contributed by atoms with Gasteiger partial charge in [-0.2, -0.15) is 0 Å². The number of nitrogens with one attached hydrogen (secondary N) is 1. The number of aliphatic carboxylic acids is 1. The number of likely N-dealkylation sites (tertiary alicyclic amines) is 1. The number of benzene rings is 2. The summed E-state index contributed by atoms with van der Waals surface area (Å²) < 4.78 is 5.54. The van der Waals surface area contributed by atoms with Gasteiger partial charge in [0, 0.05) is 25.6 Å². The van der Waals surface area contributed by atoms with E-state index in [1.807, 2.05) is 24.3 Å². The van der Waals surface area contributed by atoms with E-state index in [4.69, 9.17) is 4.74 Å². The van der Waals surface area contributed by atoms with Crippen molar-refractivity contribution in [2.75, 3.05) is 26.2 Å². The van der Waals surface area contributed by atoms with Gasteiger partial charge in [-0.05, 0) is 40.5 Å². The van der Waals surface area contributed by atoms with Crippen LogP contribution in [0.5, 0.6) is 0 Å². The van der Waals surface area contributed by atoms with Crippen LogP contribution in [0.25, 0.3) is 11.1 Å². The molecule has 2 amide bonds. The van der Waals surface area contributed by atoms with E-state index < -0.39 is 18.0 Å². The zero-order chi connectivity index (χ0) is 23.1. The summed E-state index contributed by atoms with van der Waals surface area (Å²) in [6.45, 7) is 3.27. The van der Waals surface area contributed by atoms with Gasteiger partial charge in [-0.3, -0.25) is 9.59 Å². The number of hydrogen-bond donors (Lipinski definition) is 2. The molecule has 172 valence electrons. The van der Waals surface area contributed by atoms with E-state index in [1.165, 1.54) is 11.1 Å². The second kappa shape index (κ2) is 8.54. The van der Waals surface area contributed by atoms with Crippen LogP contribution in [0.4, 0.5) is 4.79 Å². The molecular formula is C26H28N2O5. The average Bonchev–Trinajstić information content (AvgIpc) is 3.48. The number of nitrogens with zero attached hydrogens (tertiary/aromatic N) is 1. The number of carboxylic acid groups (broad SMARTS) is 1. The van der Waals surface area contributed by atoms with Crippen LogP contribution in [0.15, 0.2) is 48.5 Å². The molecule has 1 saturated carbocycles. The van der Waals surface area contributed by atoms with Crippen molar-refractivity contribution < 1.29 is 24.2 Å². The van der Waals surface area contributed by atoms with Gasteiger partial charge in [0.2, 0.25) is 5.91 Å². The Hall–Kier alpha value is -3.35. The van der Waals surface area contributed by atoms with Crippen molar-refractivity contribution in [1.29, 1.82) is 0 Å². The summed E-state index contributed by atoms with van der Waals surface area (Å²) >= 11 is 0. The maximum absolute atomic E-state index is 12.8. The van der Waals surface area contributed by atoms with Crippen LogP contribution >= 0.6 is 0 Å². The number of hydrogen-bond acceptors (Lipinski definition) is 4. The van der Waals surface area contributed by atoms with Gasteiger partial charge in [-0.25, -0.2) is 4.79 Å². The van der Waals surface area contributed by atoms with Gasteiger partial charge < -0.3 is 20.1 Å². The summed E-state index contributed by atoms with van der Waals surface area (Å²) in [7, 11) is 0. The van der Waals surface area contributed by atoms with Crippen LogP contribution in [-0.2, 0) is 14.3 Å². The molecule has 2 fully saturated rings. The molecule has 0 radical (unpaired) electrons. The molecule has 2 aromatic rings. The lowest BCUT2D eigenvalue weighted by Gasteiger charge is -2.29. The third-order valence-corrected chi connectivity index (χ3v) is 7.41. The SMILES string of the molecule is CC(CNC(=O)OCC1c2ccccc2-c2ccccc21)C(=O)N1CC[C@H]2C(C(=O)O)[C@H]2C1. The van der Waals surface area contributed by atoms with Crippen LogP contribution in [-0.4, -0.2) is 54.2 Å². The zero-order valence-corrected chi connectivity index (χ0v) is 18.6. The third kappa shape index (κ3) is 3.96. The molecule has 2 unspecified atom stereocenters. The summed E-state index contributed by atoms with van der Waals surface area (Å²) in [4.78, 5) is 38.1. The number of rotatable bonds is 6. The highest BCUT2D eigenvalue weighted by atomic mass is 16.5. The van der Waals surface area contributed by atoms with Crippen LogP contribution < -0.4 is 5.32 Å². The summed E-state index contributed by atoms with van der Waals surface area (Å²) in [6.07, 6.45) is 0.197. The fourth-order valence-corrected chi connectivity index (χ4v) is 5.59. The van der Waals surface area contributed by atoms with Crippen LogP contribution in [0, 0.1) is 23.7 Å². The topological polar surface area (TPSA) is 95.9 Å². The first-order valence-electron chi connectivity index (χ1n) is 11.6. The molecule has 2 N–H and O–H groups in total. The predicted molar refractivity (Wildman–Crippen MR) is 122 cm³/mol. The van der Waals surface area contributed by atoms with Gasteiger partial charge in [0.05, 0.1) is 11.8 Å². The molecule has 5 rings (SSSR count). The van der Waals surface area contributed by atoms with Crippen molar-refractivity contribution in [2.24, 2.45) is 23.7 Å². The number of carboxylic acids is 1. The van der Waals surface area contributed by atoms with Crippen molar-refractivity contribution in [2.45, 2.75) is 19.3 Å². The standard InChI is InChI=1S/C26H28N2O5/c1-15(24(29)28-11-10-20-21(13-28)23(20)25(30)31)12-27-26(32)33-14-22-18-8-4-2-6-16(18)17-7-3-5-9-19(17)22/h2-9,15,20-23H,10-14H2,1H3,(H,27,32)(H,30,31)/t15?,20-,21+,23?/m1/s1. The number of alkyl carbamates (subject to hydrolysis) is 1. The molecule has 7 heteroatoms. The lowest BCUT2D eigenvalue weighted by atomic mass is 9.98. The summed E-state index contributed by atoms with van der Waals surface area (Å²) in [5.74, 6) is -1.25. The fourth-order valence-electron chi connectivity index (χ4n) is 5.59. The molecule has 3 aliphatic rings.